The molecule has 0 saturated carbocycles. The Bertz CT molecular complexity index is 489. The number of nitrogens with zero attached hydrogens (tertiary/aromatic N) is 2. The van der Waals surface area contributed by atoms with Gasteiger partial charge >= 0.3 is 0 Å². The molecule has 2 aromatic rings. The van der Waals surface area contributed by atoms with Crippen LogP contribution < -0.4 is 0 Å². The van der Waals surface area contributed by atoms with Gasteiger partial charge in [-0.05, 0) is 32.9 Å². The van der Waals surface area contributed by atoms with Crippen molar-refractivity contribution in [2.45, 2.75) is 6.42 Å². The molecule has 0 spiro atoms. The molecule has 0 amide bonds. The van der Waals surface area contributed by atoms with Gasteiger partial charge in [0.2, 0.25) is 0 Å². The summed E-state index contributed by atoms with van der Waals surface area (Å²) in [5.74, 6) is 0.130. The molecule has 0 bridgehead atoms. The van der Waals surface area contributed by atoms with Gasteiger partial charge in [0, 0.05) is 24.1 Å². The summed E-state index contributed by atoms with van der Waals surface area (Å²) in [7, 11) is 1.84. The minimum absolute atomic E-state index is 0.130. The van der Waals surface area contributed by atoms with Crippen molar-refractivity contribution in [1.29, 1.82) is 0 Å². The van der Waals surface area contributed by atoms with E-state index in [0.29, 0.717) is 6.42 Å². The highest BCUT2D eigenvalue weighted by molar-refractivity contribution is 9.10. The maximum absolute atomic E-state index is 11.8. The first-order valence-electron chi connectivity index (χ1n) is 4.40. The standard InChI is InChI=1S/C10H9BrN2OS/c1-13-6-7(5-12-13)4-9(14)10-8(11)2-3-15-10/h2-3,5-6H,4H2,1H3. The number of Topliss-reactive ketones (excluding diaryl/α,β-unsaturated/α-hetero) is 1. The Hall–Kier alpha value is -0.940. The third-order valence-electron chi connectivity index (χ3n) is 1.99. The maximum atomic E-state index is 11.8. The van der Waals surface area contributed by atoms with Crippen LogP contribution in [0.5, 0.6) is 0 Å². The SMILES string of the molecule is Cn1cc(CC(=O)c2sccc2Br)cn1. The van der Waals surface area contributed by atoms with E-state index in [1.807, 2.05) is 24.7 Å². The van der Waals surface area contributed by atoms with E-state index >= 15 is 0 Å². The largest absolute Gasteiger partial charge is 0.293 e. The molecule has 15 heavy (non-hydrogen) atoms. The van der Waals surface area contributed by atoms with Gasteiger partial charge < -0.3 is 0 Å². The maximum Gasteiger partial charge on any atom is 0.178 e. The molecular weight excluding hydrogens is 276 g/mol. The Morgan fingerprint density at radius 3 is 3.00 bits per heavy atom. The zero-order valence-electron chi connectivity index (χ0n) is 8.11. The number of carbonyl (C=O) groups excluding carboxylic acids is 1. The normalized spacial score (nSPS) is 10.5. The minimum atomic E-state index is 0.130. The predicted octanol–water partition coefficient (Wildman–Crippen LogP) is 2.67. The number of ketones is 1. The molecule has 0 fully saturated rings. The van der Waals surface area contributed by atoms with Gasteiger partial charge in [-0.25, -0.2) is 0 Å². The van der Waals surface area contributed by atoms with Gasteiger partial charge in [-0.3, -0.25) is 9.48 Å². The molecule has 0 radical (unpaired) electrons. The van der Waals surface area contributed by atoms with Crippen LogP contribution in [0.1, 0.15) is 15.2 Å². The number of halogens is 1. The van der Waals surface area contributed by atoms with Crippen molar-refractivity contribution in [2.75, 3.05) is 0 Å². The monoisotopic (exact) mass is 284 g/mol. The van der Waals surface area contributed by atoms with Gasteiger partial charge in [0.05, 0.1) is 11.1 Å². The number of rotatable bonds is 3. The first kappa shape index (κ1) is 10.6. The van der Waals surface area contributed by atoms with E-state index in [-0.39, 0.29) is 5.78 Å². The second-order valence-electron chi connectivity index (χ2n) is 3.22. The number of aromatic nitrogens is 2. The van der Waals surface area contributed by atoms with E-state index in [9.17, 15) is 4.79 Å². The van der Waals surface area contributed by atoms with Crippen LogP contribution in [0.4, 0.5) is 0 Å². The number of thiophene rings is 1. The van der Waals surface area contributed by atoms with E-state index in [4.69, 9.17) is 0 Å². The summed E-state index contributed by atoms with van der Waals surface area (Å²) < 4.78 is 2.58. The van der Waals surface area contributed by atoms with Gasteiger partial charge in [0.1, 0.15) is 0 Å². The fourth-order valence-corrected chi connectivity index (χ4v) is 2.85. The van der Waals surface area contributed by atoms with E-state index in [2.05, 4.69) is 21.0 Å². The van der Waals surface area contributed by atoms with Crippen molar-refractivity contribution in [3.63, 3.8) is 0 Å². The van der Waals surface area contributed by atoms with Crippen molar-refractivity contribution in [3.05, 3.63) is 38.8 Å². The van der Waals surface area contributed by atoms with Crippen LogP contribution in [0.2, 0.25) is 0 Å². The summed E-state index contributed by atoms with van der Waals surface area (Å²) in [6.07, 6.45) is 3.99. The van der Waals surface area contributed by atoms with Crippen LogP contribution in [0, 0.1) is 0 Å². The molecule has 2 rings (SSSR count). The van der Waals surface area contributed by atoms with E-state index in [0.717, 1.165) is 14.9 Å². The quantitative estimate of drug-likeness (QED) is 0.813. The molecule has 2 aromatic heterocycles. The zero-order valence-corrected chi connectivity index (χ0v) is 10.5. The molecule has 3 nitrogen and oxygen atoms in total. The Morgan fingerprint density at radius 2 is 2.47 bits per heavy atom. The average molecular weight is 285 g/mol. The molecule has 0 aromatic carbocycles. The molecule has 0 aliphatic heterocycles. The molecule has 0 saturated heterocycles. The minimum Gasteiger partial charge on any atom is -0.293 e. The molecule has 0 aliphatic rings. The number of aryl methyl sites for hydroxylation is 1. The molecule has 0 aliphatic carbocycles. The van der Waals surface area contributed by atoms with Gasteiger partial charge in [-0.2, -0.15) is 5.10 Å². The summed E-state index contributed by atoms with van der Waals surface area (Å²) in [4.78, 5) is 12.6. The first-order valence-corrected chi connectivity index (χ1v) is 6.08. The summed E-state index contributed by atoms with van der Waals surface area (Å²) in [5, 5.41) is 5.93. The summed E-state index contributed by atoms with van der Waals surface area (Å²) in [6.45, 7) is 0. The van der Waals surface area contributed by atoms with Crippen LogP contribution in [-0.2, 0) is 13.5 Å². The first-order chi connectivity index (χ1) is 7.16. The topological polar surface area (TPSA) is 34.9 Å². The van der Waals surface area contributed by atoms with Crippen LogP contribution in [0.15, 0.2) is 28.3 Å². The van der Waals surface area contributed by atoms with Gasteiger partial charge in [0.15, 0.2) is 5.78 Å². The Balaban J connectivity index is 2.14. The number of hydrogen-bond acceptors (Lipinski definition) is 3. The number of hydrogen-bond donors (Lipinski definition) is 0. The van der Waals surface area contributed by atoms with Crippen molar-refractivity contribution >= 4 is 33.0 Å². The van der Waals surface area contributed by atoms with Crippen molar-refractivity contribution in [3.8, 4) is 0 Å². The van der Waals surface area contributed by atoms with Crippen molar-refractivity contribution in [1.82, 2.24) is 9.78 Å². The molecular formula is C10H9BrN2OS. The highest BCUT2D eigenvalue weighted by Crippen LogP contribution is 2.24. The number of carbonyl (C=O) groups is 1. The second-order valence-corrected chi connectivity index (χ2v) is 4.99. The van der Waals surface area contributed by atoms with Crippen LogP contribution >= 0.6 is 27.3 Å². The zero-order chi connectivity index (χ0) is 10.8. The Labute approximate surface area is 99.9 Å². The van der Waals surface area contributed by atoms with Gasteiger partial charge in [-0.1, -0.05) is 0 Å². The van der Waals surface area contributed by atoms with E-state index < -0.39 is 0 Å². The lowest BCUT2D eigenvalue weighted by Gasteiger charge is -1.95. The molecule has 0 N–H and O–H groups in total. The van der Waals surface area contributed by atoms with Crippen molar-refractivity contribution < 1.29 is 4.79 Å². The molecule has 78 valence electrons. The molecule has 5 heteroatoms. The lowest BCUT2D eigenvalue weighted by Crippen LogP contribution is -2.00. The van der Waals surface area contributed by atoms with Gasteiger partial charge in [-0.15, -0.1) is 11.3 Å². The Morgan fingerprint density at radius 1 is 1.67 bits per heavy atom. The summed E-state index contributed by atoms with van der Waals surface area (Å²) in [5.41, 5.74) is 0.947. The van der Waals surface area contributed by atoms with Crippen LogP contribution in [0.3, 0.4) is 0 Å². The molecule has 2 heterocycles. The third-order valence-corrected chi connectivity index (χ3v) is 3.87. The fourth-order valence-electron chi connectivity index (χ4n) is 1.32. The fraction of sp³-hybridized carbons (Fsp3) is 0.200. The van der Waals surface area contributed by atoms with E-state index in [1.165, 1.54) is 11.3 Å². The molecule has 0 atom stereocenters. The van der Waals surface area contributed by atoms with Crippen LogP contribution in [-0.4, -0.2) is 15.6 Å². The summed E-state index contributed by atoms with van der Waals surface area (Å²) >= 11 is 4.81. The highest BCUT2D eigenvalue weighted by Gasteiger charge is 2.12. The molecule has 0 unspecified atom stereocenters. The average Bonchev–Trinajstić information content (AvgIpc) is 2.75. The van der Waals surface area contributed by atoms with Gasteiger partial charge in [0.25, 0.3) is 0 Å². The van der Waals surface area contributed by atoms with Crippen LogP contribution in [0.25, 0.3) is 0 Å². The lowest BCUT2D eigenvalue weighted by molar-refractivity contribution is 0.0996. The third kappa shape index (κ3) is 2.35. The summed E-state index contributed by atoms with van der Waals surface area (Å²) in [6, 6.07) is 1.89. The Kier molecular flexibility index (Phi) is 3.02. The van der Waals surface area contributed by atoms with Crippen molar-refractivity contribution in [2.24, 2.45) is 7.05 Å². The lowest BCUT2D eigenvalue weighted by atomic mass is 10.1. The van der Waals surface area contributed by atoms with E-state index in [1.54, 1.807) is 10.9 Å². The smallest absolute Gasteiger partial charge is 0.178 e. The second kappa shape index (κ2) is 4.28. The highest BCUT2D eigenvalue weighted by atomic mass is 79.9. The predicted molar refractivity (Wildman–Crippen MR) is 63.3 cm³/mol.